The summed E-state index contributed by atoms with van der Waals surface area (Å²) < 4.78 is 27.3. The van der Waals surface area contributed by atoms with Crippen molar-refractivity contribution in [2.45, 2.75) is 68.3 Å². The number of fused-ring (bicyclic) bond motifs is 1. The van der Waals surface area contributed by atoms with Crippen LogP contribution < -0.4 is 20.2 Å². The minimum Gasteiger partial charge on any atom is -0.390 e. The van der Waals surface area contributed by atoms with Gasteiger partial charge in [-0.15, -0.1) is 0 Å². The van der Waals surface area contributed by atoms with Crippen molar-refractivity contribution in [1.82, 2.24) is 9.62 Å². The lowest BCUT2D eigenvalue weighted by molar-refractivity contribution is -0.137. The number of nitrogens with zero attached hydrogens (tertiary/aromatic N) is 4. The molecule has 9 rings (SSSR count). The summed E-state index contributed by atoms with van der Waals surface area (Å²) in [6.07, 6.45) is 6.86. The number of benzene rings is 2. The van der Waals surface area contributed by atoms with E-state index in [1.165, 1.54) is 0 Å². The Morgan fingerprint density at radius 3 is 2.14 bits per heavy atom. The van der Waals surface area contributed by atoms with Gasteiger partial charge in [0.25, 0.3) is 0 Å². The molecule has 5 aliphatic carbocycles. The van der Waals surface area contributed by atoms with Crippen LogP contribution in [0.4, 0.5) is 27.5 Å². The fourth-order valence-electron chi connectivity index (χ4n) is 9.10. The zero-order valence-electron chi connectivity index (χ0n) is 25.2. The molecule has 1 saturated heterocycles. The maximum Gasteiger partial charge on any atom is 0.431 e. The number of hydroxylamine groups is 1. The maximum atomic E-state index is 13.2. The Labute approximate surface area is 259 Å². The molecule has 0 spiro atoms. The lowest BCUT2D eigenvalue weighted by atomic mass is 9.52. The standard InChI is InChI=1S/C33H43N5O5S/c39-32(34-31-24-18-23-19-25(31)22-33(40,20-23)21-24)43-38-17-16-37(29-6-1-2-7-30(29)38)27-10-8-26(9-11-27)35-12-14-36(15-13-35)44(41,42)28-4-3-5-28/h1-2,6-11,23-25,28,31,40H,3-5,12-22H2,(H,34,39)/t23?,24-,25+,31?,33?. The van der Waals surface area contributed by atoms with Gasteiger partial charge in [0, 0.05) is 50.1 Å². The third-order valence-electron chi connectivity index (χ3n) is 11.3. The van der Waals surface area contributed by atoms with E-state index >= 15 is 0 Å². The quantitative estimate of drug-likeness (QED) is 0.494. The van der Waals surface area contributed by atoms with E-state index < -0.39 is 21.7 Å². The maximum absolute atomic E-state index is 13.2. The van der Waals surface area contributed by atoms with Crippen molar-refractivity contribution >= 4 is 38.9 Å². The number of hydrogen-bond donors (Lipinski definition) is 2. The van der Waals surface area contributed by atoms with Crippen molar-refractivity contribution in [1.29, 1.82) is 0 Å². The number of amides is 1. The minimum atomic E-state index is -3.16. The summed E-state index contributed by atoms with van der Waals surface area (Å²) in [4.78, 5) is 23.6. The van der Waals surface area contributed by atoms with E-state index in [2.05, 4.69) is 45.4 Å². The SMILES string of the molecule is O=C(NC1[C@@H]2CC3C[C@H]1CC(O)(C3)C2)ON1CCN(c2ccc(N3CCN(S(=O)(=O)C4CCC4)CC3)cc2)c2ccccc21. The van der Waals surface area contributed by atoms with Gasteiger partial charge in [-0.3, -0.25) is 0 Å². The molecule has 0 radical (unpaired) electrons. The smallest absolute Gasteiger partial charge is 0.390 e. The van der Waals surface area contributed by atoms with Crippen LogP contribution in [0.25, 0.3) is 0 Å². The second kappa shape index (κ2) is 10.8. The molecule has 11 heteroatoms. The van der Waals surface area contributed by atoms with Crippen molar-refractivity contribution < 1.29 is 23.2 Å². The molecule has 2 N–H and O–H groups in total. The Bertz CT molecular complexity index is 1490. The minimum absolute atomic E-state index is 0.0736. The average Bonchev–Trinajstić information content (AvgIpc) is 2.97. The number of para-hydroxylation sites is 2. The molecule has 4 bridgehead atoms. The van der Waals surface area contributed by atoms with E-state index in [1.807, 2.05) is 18.2 Å². The summed E-state index contributed by atoms with van der Waals surface area (Å²) in [5.74, 6) is 1.25. The number of rotatable bonds is 6. The topological polar surface area (TPSA) is 106 Å². The molecule has 0 aromatic heterocycles. The van der Waals surface area contributed by atoms with Gasteiger partial charge in [-0.2, -0.15) is 4.31 Å². The number of sulfonamides is 1. The van der Waals surface area contributed by atoms with E-state index in [-0.39, 0.29) is 11.3 Å². The van der Waals surface area contributed by atoms with Gasteiger partial charge in [0.05, 0.1) is 28.8 Å². The first-order valence-electron chi connectivity index (χ1n) is 16.4. The summed E-state index contributed by atoms with van der Waals surface area (Å²) in [5, 5.41) is 15.6. The zero-order valence-corrected chi connectivity index (χ0v) is 26.0. The molecule has 236 valence electrons. The number of anilines is 4. The van der Waals surface area contributed by atoms with Crippen molar-refractivity contribution in [3.8, 4) is 0 Å². The lowest BCUT2D eigenvalue weighted by Gasteiger charge is -2.57. The van der Waals surface area contributed by atoms with Crippen LogP contribution in [0.2, 0.25) is 0 Å². The van der Waals surface area contributed by atoms with Crippen LogP contribution in [0.3, 0.4) is 0 Å². The highest BCUT2D eigenvalue weighted by molar-refractivity contribution is 7.89. The van der Waals surface area contributed by atoms with E-state index in [4.69, 9.17) is 4.84 Å². The van der Waals surface area contributed by atoms with Crippen LogP contribution in [0, 0.1) is 17.8 Å². The summed E-state index contributed by atoms with van der Waals surface area (Å²) in [7, 11) is -3.16. The number of nitrogens with one attached hydrogen (secondary N) is 1. The van der Waals surface area contributed by atoms with Crippen LogP contribution >= 0.6 is 0 Å². The molecule has 1 amide bonds. The molecule has 5 saturated carbocycles. The van der Waals surface area contributed by atoms with Gasteiger partial charge >= 0.3 is 6.09 Å². The molecule has 7 aliphatic rings. The fraction of sp³-hybridized carbons (Fsp3) is 0.606. The zero-order chi connectivity index (χ0) is 30.1. The van der Waals surface area contributed by atoms with Crippen molar-refractivity contribution in [3.63, 3.8) is 0 Å². The summed E-state index contributed by atoms with van der Waals surface area (Å²) in [5.41, 5.74) is 3.45. The van der Waals surface area contributed by atoms with Crippen LogP contribution in [0.15, 0.2) is 48.5 Å². The van der Waals surface area contributed by atoms with Crippen LogP contribution in [0.1, 0.15) is 51.4 Å². The highest BCUT2D eigenvalue weighted by Crippen LogP contribution is 2.55. The Morgan fingerprint density at radius 1 is 0.841 bits per heavy atom. The first-order valence-corrected chi connectivity index (χ1v) is 18.0. The largest absolute Gasteiger partial charge is 0.431 e. The van der Waals surface area contributed by atoms with E-state index in [0.717, 1.165) is 74.1 Å². The van der Waals surface area contributed by atoms with Gasteiger partial charge in [0.15, 0.2) is 0 Å². The molecular formula is C33H43N5O5S. The number of aliphatic hydroxyl groups is 1. The van der Waals surface area contributed by atoms with Crippen molar-refractivity contribution in [2.24, 2.45) is 17.8 Å². The van der Waals surface area contributed by atoms with Gasteiger partial charge < -0.3 is 25.1 Å². The van der Waals surface area contributed by atoms with E-state index in [1.54, 1.807) is 9.37 Å². The molecule has 10 nitrogen and oxygen atoms in total. The molecule has 6 fully saturated rings. The molecule has 2 aromatic rings. The Kier molecular flexibility index (Phi) is 6.99. The Balaban J connectivity index is 0.907. The summed E-state index contributed by atoms with van der Waals surface area (Å²) >= 11 is 0. The highest BCUT2D eigenvalue weighted by atomic mass is 32.2. The van der Waals surface area contributed by atoms with Gasteiger partial charge in [-0.1, -0.05) is 18.6 Å². The number of hydrogen-bond acceptors (Lipinski definition) is 8. The van der Waals surface area contributed by atoms with Crippen LogP contribution in [0.5, 0.6) is 0 Å². The monoisotopic (exact) mass is 621 g/mol. The molecule has 5 atom stereocenters. The van der Waals surface area contributed by atoms with Gasteiger partial charge in [-0.05, 0) is 99.1 Å². The second-order valence-electron chi connectivity index (χ2n) is 14.0. The number of piperazine rings is 1. The fourth-order valence-corrected chi connectivity index (χ4v) is 11.1. The lowest BCUT2D eigenvalue weighted by Crippen LogP contribution is -2.62. The number of carbonyl (C=O) groups excluding carboxylic acids is 1. The molecular weight excluding hydrogens is 578 g/mol. The summed E-state index contributed by atoms with van der Waals surface area (Å²) in [6.45, 7) is 3.64. The Morgan fingerprint density at radius 2 is 1.50 bits per heavy atom. The van der Waals surface area contributed by atoms with Gasteiger partial charge in [0.2, 0.25) is 10.0 Å². The molecule has 2 aromatic carbocycles. The van der Waals surface area contributed by atoms with Gasteiger partial charge in [-0.25, -0.2) is 18.3 Å². The van der Waals surface area contributed by atoms with Crippen molar-refractivity contribution in [3.05, 3.63) is 48.5 Å². The predicted octanol–water partition coefficient (Wildman–Crippen LogP) is 4.23. The summed E-state index contributed by atoms with van der Waals surface area (Å²) in [6, 6.07) is 16.5. The van der Waals surface area contributed by atoms with E-state index in [0.29, 0.717) is 57.0 Å². The third-order valence-corrected chi connectivity index (χ3v) is 13.7. The molecule has 44 heavy (non-hydrogen) atoms. The van der Waals surface area contributed by atoms with Gasteiger partial charge in [0.1, 0.15) is 0 Å². The predicted molar refractivity (Wildman–Crippen MR) is 169 cm³/mol. The first kappa shape index (κ1) is 28.5. The van der Waals surface area contributed by atoms with Crippen molar-refractivity contribution in [2.75, 3.05) is 54.1 Å². The van der Waals surface area contributed by atoms with Crippen LogP contribution in [-0.4, -0.2) is 80.1 Å². The van der Waals surface area contributed by atoms with Crippen LogP contribution in [-0.2, 0) is 14.9 Å². The van der Waals surface area contributed by atoms with E-state index in [9.17, 15) is 18.3 Å². The molecule has 2 heterocycles. The first-order chi connectivity index (χ1) is 21.3. The number of carbonyl (C=O) groups is 1. The third kappa shape index (κ3) is 5.01. The second-order valence-corrected chi connectivity index (χ2v) is 16.2. The molecule has 3 unspecified atom stereocenters. The normalized spacial score (nSPS) is 31.9. The average molecular weight is 622 g/mol. The molecule has 2 aliphatic heterocycles. The highest BCUT2D eigenvalue weighted by Gasteiger charge is 2.55. The Hall–Kier alpha value is -3.02.